The van der Waals surface area contributed by atoms with Gasteiger partial charge in [-0.2, -0.15) is 0 Å². The highest BCUT2D eigenvalue weighted by Gasteiger charge is 2.36. The van der Waals surface area contributed by atoms with E-state index in [0.717, 1.165) is 41.1 Å². The Hall–Kier alpha value is -1.47. The van der Waals surface area contributed by atoms with Crippen molar-refractivity contribution in [2.45, 2.75) is 18.9 Å². The zero-order valence-electron chi connectivity index (χ0n) is 13.9. The van der Waals surface area contributed by atoms with Gasteiger partial charge in [-0.05, 0) is 59.8 Å². The molecule has 0 aromatic heterocycles. The van der Waals surface area contributed by atoms with Gasteiger partial charge in [-0.1, -0.05) is 18.2 Å². The van der Waals surface area contributed by atoms with E-state index in [1.54, 1.807) is 0 Å². The third kappa shape index (κ3) is 4.54. The summed E-state index contributed by atoms with van der Waals surface area (Å²) in [6, 6.07) is 15.8. The smallest absolute Gasteiger partial charge is 0.144 e. The molecule has 0 spiro atoms. The van der Waals surface area contributed by atoms with Crippen molar-refractivity contribution in [1.82, 2.24) is 4.90 Å². The monoisotopic (exact) mass is 438 g/mol. The van der Waals surface area contributed by atoms with Crippen LogP contribution in [0.15, 0.2) is 48.5 Å². The summed E-state index contributed by atoms with van der Waals surface area (Å²) in [6.07, 6.45) is 0.989. The van der Waals surface area contributed by atoms with E-state index < -0.39 is 0 Å². The molecule has 4 nitrogen and oxygen atoms in total. The molecule has 0 radical (unpaired) electrons. The van der Waals surface area contributed by atoms with Gasteiger partial charge in [-0.25, -0.2) is 0 Å². The number of benzene rings is 2. The van der Waals surface area contributed by atoms with Crippen LogP contribution in [0.4, 0.5) is 5.69 Å². The van der Waals surface area contributed by atoms with E-state index in [1.807, 2.05) is 48.5 Å². The number of para-hydroxylation sites is 1. The van der Waals surface area contributed by atoms with Crippen molar-refractivity contribution in [1.29, 1.82) is 0 Å². The summed E-state index contributed by atoms with van der Waals surface area (Å²) in [5, 5.41) is 0. The van der Waals surface area contributed by atoms with Crippen molar-refractivity contribution in [3.8, 4) is 11.5 Å². The number of likely N-dealkylation sites (tertiary alicyclic amines) is 1. The zero-order chi connectivity index (χ0) is 17.0. The molecular weight excluding hydrogens is 415 g/mol. The first-order chi connectivity index (χ1) is 11.5. The second kappa shape index (κ2) is 7.61. The van der Waals surface area contributed by atoms with Gasteiger partial charge in [0.1, 0.15) is 23.7 Å². The van der Waals surface area contributed by atoms with Crippen molar-refractivity contribution in [3.05, 3.63) is 52.1 Å². The Kier molecular flexibility index (Phi) is 5.50. The van der Waals surface area contributed by atoms with Crippen LogP contribution in [0, 0.1) is 3.57 Å². The van der Waals surface area contributed by atoms with Crippen LogP contribution in [0.2, 0.25) is 0 Å². The van der Waals surface area contributed by atoms with Crippen molar-refractivity contribution in [2.75, 3.05) is 32.0 Å². The molecule has 2 aromatic carbocycles. The molecule has 1 aliphatic rings. The van der Waals surface area contributed by atoms with Gasteiger partial charge in [0.05, 0.1) is 5.69 Å². The normalized spacial score (nSPS) is 20.9. The zero-order valence-corrected chi connectivity index (χ0v) is 16.0. The van der Waals surface area contributed by atoms with Crippen molar-refractivity contribution < 1.29 is 9.47 Å². The standard InChI is InChI=1S/C19H23IN2O2/c1-19(24-18-13-15(20)7-8-17(18)21)9-10-22(14-19)11-12-23-16-5-3-2-4-6-16/h2-8,13H,9-12,14,21H2,1H3. The minimum atomic E-state index is -0.203. The maximum absolute atomic E-state index is 6.26. The van der Waals surface area contributed by atoms with Crippen LogP contribution in [0.1, 0.15) is 13.3 Å². The number of rotatable bonds is 6. The quantitative estimate of drug-likeness (QED) is 0.551. The average molecular weight is 438 g/mol. The van der Waals surface area contributed by atoms with Crippen LogP contribution >= 0.6 is 22.6 Å². The van der Waals surface area contributed by atoms with Crippen LogP contribution in [-0.4, -0.2) is 36.7 Å². The number of hydrogen-bond acceptors (Lipinski definition) is 4. The van der Waals surface area contributed by atoms with E-state index in [4.69, 9.17) is 15.2 Å². The molecule has 0 saturated carbocycles. The van der Waals surface area contributed by atoms with Gasteiger partial charge in [0.2, 0.25) is 0 Å². The molecule has 128 valence electrons. The van der Waals surface area contributed by atoms with Crippen LogP contribution < -0.4 is 15.2 Å². The molecule has 1 unspecified atom stereocenters. The molecule has 0 bridgehead atoms. The SMILES string of the molecule is CC1(Oc2cc(I)ccc2N)CCN(CCOc2ccccc2)C1. The first-order valence-electron chi connectivity index (χ1n) is 8.18. The molecular formula is C19H23IN2O2. The van der Waals surface area contributed by atoms with Crippen molar-refractivity contribution in [3.63, 3.8) is 0 Å². The Bertz CT molecular complexity index is 680. The number of halogens is 1. The lowest BCUT2D eigenvalue weighted by atomic mass is 10.1. The number of nitrogens with zero attached hydrogens (tertiary/aromatic N) is 1. The Labute approximate surface area is 157 Å². The fourth-order valence-electron chi connectivity index (χ4n) is 2.97. The van der Waals surface area contributed by atoms with Crippen LogP contribution in [0.3, 0.4) is 0 Å². The van der Waals surface area contributed by atoms with Gasteiger partial charge < -0.3 is 15.2 Å². The Balaban J connectivity index is 1.51. The molecule has 1 saturated heterocycles. The minimum absolute atomic E-state index is 0.203. The van der Waals surface area contributed by atoms with Crippen LogP contribution in [-0.2, 0) is 0 Å². The Morgan fingerprint density at radius 3 is 2.79 bits per heavy atom. The fourth-order valence-corrected chi connectivity index (χ4v) is 3.43. The lowest BCUT2D eigenvalue weighted by Crippen LogP contribution is -2.37. The summed E-state index contributed by atoms with van der Waals surface area (Å²) < 4.78 is 13.2. The second-order valence-corrected chi connectivity index (χ2v) is 7.67. The molecule has 1 aliphatic heterocycles. The number of hydrogen-bond donors (Lipinski definition) is 1. The summed E-state index contributed by atoms with van der Waals surface area (Å²) in [4.78, 5) is 2.38. The Morgan fingerprint density at radius 2 is 2.00 bits per heavy atom. The summed E-state index contributed by atoms with van der Waals surface area (Å²) >= 11 is 2.28. The van der Waals surface area contributed by atoms with E-state index in [9.17, 15) is 0 Å². The summed E-state index contributed by atoms with van der Waals surface area (Å²) in [7, 11) is 0. The maximum Gasteiger partial charge on any atom is 0.144 e. The summed E-state index contributed by atoms with van der Waals surface area (Å²) in [5.74, 6) is 1.70. The number of nitrogens with two attached hydrogens (primary N) is 1. The molecule has 3 rings (SSSR count). The van der Waals surface area contributed by atoms with Gasteiger partial charge in [0.15, 0.2) is 0 Å². The predicted octanol–water partition coefficient (Wildman–Crippen LogP) is 3.80. The highest BCUT2D eigenvalue weighted by molar-refractivity contribution is 14.1. The largest absolute Gasteiger partial charge is 0.492 e. The molecule has 5 heteroatoms. The molecule has 1 atom stereocenters. The van der Waals surface area contributed by atoms with E-state index in [-0.39, 0.29) is 5.60 Å². The number of nitrogen functional groups attached to an aromatic ring is 1. The molecule has 2 aromatic rings. The second-order valence-electron chi connectivity index (χ2n) is 6.42. The highest BCUT2D eigenvalue weighted by Crippen LogP contribution is 2.32. The minimum Gasteiger partial charge on any atom is -0.492 e. The van der Waals surface area contributed by atoms with E-state index in [1.165, 1.54) is 0 Å². The topological polar surface area (TPSA) is 47.7 Å². The van der Waals surface area contributed by atoms with Crippen molar-refractivity contribution >= 4 is 28.3 Å². The lowest BCUT2D eigenvalue weighted by Gasteiger charge is -2.27. The van der Waals surface area contributed by atoms with Crippen molar-refractivity contribution in [2.24, 2.45) is 0 Å². The maximum atomic E-state index is 6.26. The predicted molar refractivity (Wildman–Crippen MR) is 106 cm³/mol. The first-order valence-corrected chi connectivity index (χ1v) is 9.26. The van der Waals surface area contributed by atoms with Gasteiger partial charge in [-0.15, -0.1) is 0 Å². The lowest BCUT2D eigenvalue weighted by molar-refractivity contribution is 0.0943. The fraction of sp³-hybridized carbons (Fsp3) is 0.368. The van der Waals surface area contributed by atoms with E-state index in [2.05, 4.69) is 34.4 Å². The molecule has 1 heterocycles. The summed E-state index contributed by atoms with van der Waals surface area (Å²) in [6.45, 7) is 5.64. The molecule has 0 aliphatic carbocycles. The first kappa shape index (κ1) is 17.4. The number of ether oxygens (including phenoxy) is 2. The average Bonchev–Trinajstić information content (AvgIpc) is 2.93. The molecule has 1 fully saturated rings. The third-order valence-electron chi connectivity index (χ3n) is 4.27. The summed E-state index contributed by atoms with van der Waals surface area (Å²) in [5.41, 5.74) is 6.54. The molecule has 0 amide bonds. The van der Waals surface area contributed by atoms with Crippen LogP contribution in [0.25, 0.3) is 0 Å². The van der Waals surface area contributed by atoms with Gasteiger partial charge in [0.25, 0.3) is 0 Å². The molecule has 24 heavy (non-hydrogen) atoms. The van der Waals surface area contributed by atoms with E-state index >= 15 is 0 Å². The third-order valence-corrected chi connectivity index (χ3v) is 4.94. The van der Waals surface area contributed by atoms with Gasteiger partial charge >= 0.3 is 0 Å². The number of anilines is 1. The molecule has 2 N–H and O–H groups in total. The van der Waals surface area contributed by atoms with E-state index in [0.29, 0.717) is 12.3 Å². The van der Waals surface area contributed by atoms with Gasteiger partial charge in [-0.3, -0.25) is 4.90 Å². The van der Waals surface area contributed by atoms with Crippen LogP contribution in [0.5, 0.6) is 11.5 Å². The van der Waals surface area contributed by atoms with Gasteiger partial charge in [0, 0.05) is 29.6 Å². The highest BCUT2D eigenvalue weighted by atomic mass is 127. The Morgan fingerprint density at radius 1 is 1.21 bits per heavy atom.